The van der Waals surface area contributed by atoms with Crippen molar-refractivity contribution in [1.29, 1.82) is 0 Å². The Bertz CT molecular complexity index is 877. The lowest BCUT2D eigenvalue weighted by Gasteiger charge is -2.36. The lowest BCUT2D eigenvalue weighted by Crippen LogP contribution is -2.44. The van der Waals surface area contributed by atoms with E-state index in [-0.39, 0.29) is 5.92 Å². The van der Waals surface area contributed by atoms with Crippen molar-refractivity contribution in [3.05, 3.63) is 48.6 Å². The average Bonchev–Trinajstić information content (AvgIpc) is 3.31. The summed E-state index contributed by atoms with van der Waals surface area (Å²) in [6, 6.07) is 1.98. The standard InChI is InChI=1S/C14H13N5O2.C2H2O4/c1-4-20-9-10(1)6-19-7-11(8-19)14-17-13(18-21-14)12-5-15-2-3-16-12;3-1(4)2(5)6/h1-5,9,11H,6-8H2;(H,3,4)(H,5,6). The molecule has 0 radical (unpaired) electrons. The molecule has 1 fully saturated rings. The molecule has 4 heterocycles. The molecule has 0 aromatic carbocycles. The number of rotatable bonds is 4. The Hall–Kier alpha value is -3.60. The molecule has 0 aliphatic carbocycles. The number of furan rings is 1. The highest BCUT2D eigenvalue weighted by molar-refractivity contribution is 6.27. The van der Waals surface area contributed by atoms with Crippen LogP contribution in [0.2, 0.25) is 0 Å². The SMILES string of the molecule is O=C(O)C(=O)O.c1cnc(-c2noc(C3CN(Cc4ccoc4)C3)n2)cn1. The molecule has 3 aromatic heterocycles. The number of aliphatic carboxylic acids is 2. The summed E-state index contributed by atoms with van der Waals surface area (Å²) in [7, 11) is 0. The van der Waals surface area contributed by atoms with E-state index in [4.69, 9.17) is 28.7 Å². The van der Waals surface area contributed by atoms with Gasteiger partial charge in [-0.25, -0.2) is 14.6 Å². The van der Waals surface area contributed by atoms with Gasteiger partial charge in [0.25, 0.3) is 0 Å². The summed E-state index contributed by atoms with van der Waals surface area (Å²) < 4.78 is 10.4. The Labute approximate surface area is 152 Å². The van der Waals surface area contributed by atoms with Gasteiger partial charge in [-0.15, -0.1) is 0 Å². The van der Waals surface area contributed by atoms with Gasteiger partial charge in [0.15, 0.2) is 0 Å². The van der Waals surface area contributed by atoms with Crippen molar-refractivity contribution >= 4 is 11.9 Å². The molecule has 27 heavy (non-hydrogen) atoms. The third-order valence-electron chi connectivity index (χ3n) is 3.71. The van der Waals surface area contributed by atoms with Gasteiger partial charge in [0.2, 0.25) is 11.7 Å². The number of hydrogen-bond donors (Lipinski definition) is 2. The summed E-state index contributed by atoms with van der Waals surface area (Å²) in [6.07, 6.45) is 8.32. The maximum Gasteiger partial charge on any atom is 0.414 e. The molecule has 1 aliphatic rings. The largest absolute Gasteiger partial charge is 0.473 e. The third kappa shape index (κ3) is 4.73. The zero-order valence-electron chi connectivity index (χ0n) is 13.9. The van der Waals surface area contributed by atoms with E-state index in [9.17, 15) is 0 Å². The van der Waals surface area contributed by atoms with E-state index < -0.39 is 11.9 Å². The Balaban J connectivity index is 0.000000307. The van der Waals surface area contributed by atoms with Gasteiger partial charge in [0, 0.05) is 37.6 Å². The van der Waals surface area contributed by atoms with Crippen molar-refractivity contribution in [1.82, 2.24) is 25.0 Å². The highest BCUT2D eigenvalue weighted by atomic mass is 16.5. The second-order valence-corrected chi connectivity index (χ2v) is 5.68. The van der Waals surface area contributed by atoms with Crippen LogP contribution in [0.15, 0.2) is 46.1 Å². The fraction of sp³-hybridized carbons (Fsp3) is 0.250. The number of carboxylic acids is 2. The van der Waals surface area contributed by atoms with Crippen LogP contribution in [0.5, 0.6) is 0 Å². The normalized spacial score (nSPS) is 14.1. The molecule has 2 N–H and O–H groups in total. The minimum absolute atomic E-state index is 0.287. The van der Waals surface area contributed by atoms with E-state index >= 15 is 0 Å². The number of aromatic nitrogens is 4. The van der Waals surface area contributed by atoms with Gasteiger partial charge in [-0.1, -0.05) is 5.16 Å². The van der Waals surface area contributed by atoms with Gasteiger partial charge in [0.1, 0.15) is 5.69 Å². The molecular formula is C16H15N5O6. The van der Waals surface area contributed by atoms with Gasteiger partial charge >= 0.3 is 11.9 Å². The number of likely N-dealkylation sites (tertiary alicyclic amines) is 1. The van der Waals surface area contributed by atoms with Crippen LogP contribution in [0.3, 0.4) is 0 Å². The van der Waals surface area contributed by atoms with E-state index in [0.29, 0.717) is 17.4 Å². The second-order valence-electron chi connectivity index (χ2n) is 5.68. The van der Waals surface area contributed by atoms with Crippen LogP contribution in [-0.2, 0) is 16.1 Å². The molecular weight excluding hydrogens is 358 g/mol. The maximum absolute atomic E-state index is 9.10. The maximum atomic E-state index is 9.10. The fourth-order valence-corrected chi connectivity index (χ4v) is 2.42. The van der Waals surface area contributed by atoms with Crippen LogP contribution in [0.25, 0.3) is 11.5 Å². The lowest BCUT2D eigenvalue weighted by molar-refractivity contribution is -0.159. The molecule has 11 heteroatoms. The first-order valence-corrected chi connectivity index (χ1v) is 7.82. The van der Waals surface area contributed by atoms with Crippen LogP contribution in [0.4, 0.5) is 0 Å². The van der Waals surface area contributed by atoms with Crippen molar-refractivity contribution in [2.24, 2.45) is 0 Å². The molecule has 0 atom stereocenters. The van der Waals surface area contributed by atoms with Crippen LogP contribution < -0.4 is 0 Å². The van der Waals surface area contributed by atoms with Crippen molar-refractivity contribution in [3.8, 4) is 11.5 Å². The Kier molecular flexibility index (Phi) is 5.52. The Morgan fingerprint density at radius 1 is 1.22 bits per heavy atom. The van der Waals surface area contributed by atoms with Gasteiger partial charge in [0.05, 0.1) is 24.6 Å². The molecule has 11 nitrogen and oxygen atoms in total. The molecule has 0 unspecified atom stereocenters. The lowest BCUT2D eigenvalue weighted by atomic mass is 9.99. The van der Waals surface area contributed by atoms with Crippen LogP contribution in [-0.4, -0.2) is 60.2 Å². The minimum Gasteiger partial charge on any atom is -0.473 e. The molecule has 4 rings (SSSR count). The van der Waals surface area contributed by atoms with E-state index in [1.165, 1.54) is 5.56 Å². The zero-order chi connectivity index (χ0) is 19.2. The van der Waals surface area contributed by atoms with E-state index in [1.807, 2.05) is 6.07 Å². The first-order chi connectivity index (χ1) is 13.0. The van der Waals surface area contributed by atoms with Crippen LogP contribution in [0, 0.1) is 0 Å². The first kappa shape index (κ1) is 18.2. The first-order valence-electron chi connectivity index (χ1n) is 7.82. The average molecular weight is 373 g/mol. The highest BCUT2D eigenvalue weighted by Gasteiger charge is 2.32. The van der Waals surface area contributed by atoms with E-state index in [1.54, 1.807) is 31.1 Å². The highest BCUT2D eigenvalue weighted by Crippen LogP contribution is 2.28. The predicted octanol–water partition coefficient (Wildman–Crippen LogP) is 0.875. The topological polar surface area (TPSA) is 156 Å². The van der Waals surface area contributed by atoms with Gasteiger partial charge in [-0.3, -0.25) is 9.88 Å². The smallest absolute Gasteiger partial charge is 0.414 e. The third-order valence-corrected chi connectivity index (χ3v) is 3.71. The van der Waals surface area contributed by atoms with E-state index in [0.717, 1.165) is 19.6 Å². The summed E-state index contributed by atoms with van der Waals surface area (Å²) in [5.74, 6) is -2.20. The second kappa shape index (κ2) is 8.19. The summed E-state index contributed by atoms with van der Waals surface area (Å²) >= 11 is 0. The fourth-order valence-electron chi connectivity index (χ4n) is 2.42. The number of carbonyl (C=O) groups is 2. The predicted molar refractivity (Wildman–Crippen MR) is 87.3 cm³/mol. The molecule has 0 bridgehead atoms. The summed E-state index contributed by atoms with van der Waals surface area (Å²) in [5, 5.41) is 18.8. The van der Waals surface area contributed by atoms with Crippen molar-refractivity contribution < 1.29 is 28.7 Å². The van der Waals surface area contributed by atoms with Crippen molar-refractivity contribution in [3.63, 3.8) is 0 Å². The molecule has 1 saturated heterocycles. The molecule has 140 valence electrons. The number of carboxylic acid groups (broad SMARTS) is 2. The molecule has 1 aliphatic heterocycles. The monoisotopic (exact) mass is 373 g/mol. The Morgan fingerprint density at radius 3 is 2.59 bits per heavy atom. The molecule has 0 saturated carbocycles. The quantitative estimate of drug-likeness (QED) is 0.626. The van der Waals surface area contributed by atoms with E-state index in [2.05, 4.69) is 25.0 Å². The van der Waals surface area contributed by atoms with Gasteiger partial charge in [-0.05, 0) is 6.07 Å². The summed E-state index contributed by atoms with van der Waals surface area (Å²) in [4.78, 5) is 33.1. The van der Waals surface area contributed by atoms with Gasteiger partial charge < -0.3 is 19.2 Å². The molecule has 0 spiro atoms. The summed E-state index contributed by atoms with van der Waals surface area (Å²) in [6.45, 7) is 2.71. The van der Waals surface area contributed by atoms with Crippen molar-refractivity contribution in [2.45, 2.75) is 12.5 Å². The minimum atomic E-state index is -1.82. The molecule has 3 aromatic rings. The van der Waals surface area contributed by atoms with Crippen molar-refractivity contribution in [2.75, 3.05) is 13.1 Å². The zero-order valence-corrected chi connectivity index (χ0v) is 13.9. The van der Waals surface area contributed by atoms with Gasteiger partial charge in [-0.2, -0.15) is 4.98 Å². The number of nitrogens with zero attached hydrogens (tertiary/aromatic N) is 5. The summed E-state index contributed by atoms with van der Waals surface area (Å²) in [5.41, 5.74) is 1.81. The number of hydrogen-bond acceptors (Lipinski definition) is 9. The Morgan fingerprint density at radius 2 is 2.00 bits per heavy atom. The molecule has 0 amide bonds. The van der Waals surface area contributed by atoms with Crippen LogP contribution in [0.1, 0.15) is 17.4 Å². The van der Waals surface area contributed by atoms with Crippen LogP contribution >= 0.6 is 0 Å².